The number of aryl methyl sites for hydroxylation is 1. The Labute approximate surface area is 110 Å². The minimum atomic E-state index is -0.555. The van der Waals surface area contributed by atoms with E-state index >= 15 is 0 Å². The molecule has 0 aliphatic rings. The highest BCUT2D eigenvalue weighted by Gasteiger charge is 2.08. The average Bonchev–Trinajstić information content (AvgIpc) is 2.75. The van der Waals surface area contributed by atoms with E-state index in [1.165, 1.54) is 17.8 Å². The average molecular weight is 259 g/mol. The third-order valence-corrected chi connectivity index (χ3v) is 2.28. The third-order valence-electron chi connectivity index (χ3n) is 2.28. The van der Waals surface area contributed by atoms with Crippen LogP contribution in [0.4, 0.5) is 10.5 Å². The number of carbonyl (C=O) groups excluding carboxylic acids is 2. The van der Waals surface area contributed by atoms with Gasteiger partial charge < -0.3 is 10.1 Å². The quantitative estimate of drug-likeness (QED) is 0.897. The van der Waals surface area contributed by atoms with Crippen LogP contribution in [0, 0.1) is 6.92 Å². The zero-order valence-corrected chi connectivity index (χ0v) is 10.6. The number of hydrogen-bond acceptors (Lipinski definition) is 4. The van der Waals surface area contributed by atoms with Crippen LogP contribution in [0.5, 0.6) is 5.75 Å². The van der Waals surface area contributed by atoms with Gasteiger partial charge in [-0.3, -0.25) is 4.79 Å². The van der Waals surface area contributed by atoms with E-state index in [1.54, 1.807) is 37.4 Å². The van der Waals surface area contributed by atoms with E-state index in [4.69, 9.17) is 4.74 Å². The van der Waals surface area contributed by atoms with Gasteiger partial charge in [-0.2, -0.15) is 0 Å². The van der Waals surface area contributed by atoms with E-state index in [9.17, 15) is 9.59 Å². The van der Waals surface area contributed by atoms with E-state index in [0.29, 0.717) is 11.4 Å². The number of amides is 1. The molecule has 6 heteroatoms. The highest BCUT2D eigenvalue weighted by molar-refractivity contribution is 5.89. The van der Waals surface area contributed by atoms with Gasteiger partial charge in [-0.1, -0.05) is 6.07 Å². The molecule has 0 bridgehead atoms. The number of hydrogen-bond donors (Lipinski definition) is 1. The lowest BCUT2D eigenvalue weighted by molar-refractivity contribution is -0.114. The first kappa shape index (κ1) is 12.8. The van der Waals surface area contributed by atoms with E-state index in [1.807, 2.05) is 0 Å². The van der Waals surface area contributed by atoms with Crippen molar-refractivity contribution in [3.63, 3.8) is 0 Å². The van der Waals surface area contributed by atoms with Crippen molar-refractivity contribution in [1.82, 2.24) is 9.55 Å². The number of rotatable bonds is 2. The fourth-order valence-corrected chi connectivity index (χ4v) is 1.52. The SMILES string of the molecule is CC(=O)Nc1cccc(OC(=O)n2cnc(C)c2)c1. The molecule has 1 heterocycles. The largest absolute Gasteiger partial charge is 0.424 e. The van der Waals surface area contributed by atoms with Gasteiger partial charge in [-0.25, -0.2) is 14.3 Å². The Balaban J connectivity index is 2.10. The van der Waals surface area contributed by atoms with Crippen LogP contribution in [0.3, 0.4) is 0 Å². The second kappa shape index (κ2) is 5.34. The number of aromatic nitrogens is 2. The van der Waals surface area contributed by atoms with Gasteiger partial charge in [0.05, 0.1) is 5.69 Å². The smallest absolute Gasteiger partial charge is 0.410 e. The molecular weight excluding hydrogens is 246 g/mol. The van der Waals surface area contributed by atoms with Gasteiger partial charge in [0, 0.05) is 24.9 Å². The summed E-state index contributed by atoms with van der Waals surface area (Å²) >= 11 is 0. The number of ether oxygens (including phenoxy) is 1. The molecule has 0 saturated heterocycles. The number of imidazole rings is 1. The molecule has 0 aliphatic carbocycles. The summed E-state index contributed by atoms with van der Waals surface area (Å²) in [6.07, 6.45) is 2.40. The standard InChI is InChI=1S/C13H13N3O3/c1-9-7-16(8-14-9)13(18)19-12-5-3-4-11(6-12)15-10(2)17/h3-8H,1-2H3,(H,15,17). The Morgan fingerprint density at radius 1 is 1.37 bits per heavy atom. The van der Waals surface area contributed by atoms with Crippen LogP contribution in [-0.4, -0.2) is 21.6 Å². The molecule has 19 heavy (non-hydrogen) atoms. The van der Waals surface area contributed by atoms with Crippen LogP contribution in [-0.2, 0) is 4.79 Å². The van der Waals surface area contributed by atoms with Gasteiger partial charge in [0.1, 0.15) is 12.1 Å². The normalized spacial score (nSPS) is 10.0. The minimum Gasteiger partial charge on any atom is -0.410 e. The lowest BCUT2D eigenvalue weighted by Crippen LogP contribution is -2.15. The fraction of sp³-hybridized carbons (Fsp3) is 0.154. The van der Waals surface area contributed by atoms with Crippen molar-refractivity contribution >= 4 is 17.7 Å². The van der Waals surface area contributed by atoms with Crippen molar-refractivity contribution in [2.75, 3.05) is 5.32 Å². The lowest BCUT2D eigenvalue weighted by atomic mass is 10.3. The zero-order valence-electron chi connectivity index (χ0n) is 10.6. The molecule has 1 N–H and O–H groups in total. The Hall–Kier alpha value is -2.63. The molecule has 1 aromatic heterocycles. The van der Waals surface area contributed by atoms with Gasteiger partial charge >= 0.3 is 6.09 Å². The summed E-state index contributed by atoms with van der Waals surface area (Å²) in [5.74, 6) is 0.163. The van der Waals surface area contributed by atoms with E-state index in [2.05, 4.69) is 10.3 Å². The van der Waals surface area contributed by atoms with Crippen molar-refractivity contribution in [2.24, 2.45) is 0 Å². The van der Waals surface area contributed by atoms with Crippen molar-refractivity contribution in [3.8, 4) is 5.75 Å². The molecule has 2 rings (SSSR count). The summed E-state index contributed by atoms with van der Waals surface area (Å²) in [5, 5.41) is 2.61. The summed E-state index contributed by atoms with van der Waals surface area (Å²) < 4.78 is 6.42. The molecular formula is C13H13N3O3. The maximum absolute atomic E-state index is 11.8. The van der Waals surface area contributed by atoms with Crippen molar-refractivity contribution in [2.45, 2.75) is 13.8 Å². The molecule has 1 aromatic carbocycles. The molecule has 0 fully saturated rings. The monoisotopic (exact) mass is 259 g/mol. The maximum atomic E-state index is 11.8. The number of nitrogens with one attached hydrogen (secondary N) is 1. The molecule has 0 atom stereocenters. The highest BCUT2D eigenvalue weighted by atomic mass is 16.6. The number of nitrogens with zero attached hydrogens (tertiary/aromatic N) is 2. The van der Waals surface area contributed by atoms with Gasteiger partial charge in [0.25, 0.3) is 0 Å². The minimum absolute atomic E-state index is 0.186. The second-order valence-electron chi connectivity index (χ2n) is 4.00. The molecule has 0 saturated carbocycles. The molecule has 1 amide bonds. The predicted molar refractivity (Wildman–Crippen MR) is 69.1 cm³/mol. The van der Waals surface area contributed by atoms with Gasteiger partial charge in [0.2, 0.25) is 5.91 Å². The van der Waals surface area contributed by atoms with Crippen molar-refractivity contribution in [3.05, 3.63) is 42.5 Å². The van der Waals surface area contributed by atoms with Crippen LogP contribution < -0.4 is 10.1 Å². The van der Waals surface area contributed by atoms with Crippen molar-refractivity contribution in [1.29, 1.82) is 0 Å². The topological polar surface area (TPSA) is 73.2 Å². The molecule has 6 nitrogen and oxygen atoms in total. The van der Waals surface area contributed by atoms with Crippen LogP contribution in [0.1, 0.15) is 12.6 Å². The highest BCUT2D eigenvalue weighted by Crippen LogP contribution is 2.17. The zero-order chi connectivity index (χ0) is 13.8. The van der Waals surface area contributed by atoms with E-state index in [0.717, 1.165) is 5.69 Å². The summed E-state index contributed by atoms with van der Waals surface area (Å²) in [4.78, 5) is 26.7. The molecule has 0 aliphatic heterocycles. The Bertz CT molecular complexity index is 619. The molecule has 98 valence electrons. The predicted octanol–water partition coefficient (Wildman–Crippen LogP) is 2.20. The van der Waals surface area contributed by atoms with Crippen molar-refractivity contribution < 1.29 is 14.3 Å². The van der Waals surface area contributed by atoms with Crippen LogP contribution in [0.25, 0.3) is 0 Å². The first-order chi connectivity index (χ1) is 9.04. The summed E-state index contributed by atoms with van der Waals surface area (Å²) in [5.41, 5.74) is 1.29. The third kappa shape index (κ3) is 3.41. The Morgan fingerprint density at radius 2 is 2.16 bits per heavy atom. The van der Waals surface area contributed by atoms with E-state index < -0.39 is 6.09 Å². The van der Waals surface area contributed by atoms with Gasteiger partial charge in [0.15, 0.2) is 0 Å². The summed E-state index contributed by atoms with van der Waals surface area (Å²) in [7, 11) is 0. The van der Waals surface area contributed by atoms with Gasteiger partial charge in [-0.15, -0.1) is 0 Å². The van der Waals surface area contributed by atoms with Gasteiger partial charge in [-0.05, 0) is 19.1 Å². The number of benzene rings is 1. The second-order valence-corrected chi connectivity index (χ2v) is 4.00. The lowest BCUT2D eigenvalue weighted by Gasteiger charge is -2.06. The maximum Gasteiger partial charge on any atom is 0.424 e. The molecule has 0 unspecified atom stereocenters. The number of anilines is 1. The summed E-state index contributed by atoms with van der Waals surface area (Å²) in [6, 6.07) is 6.60. The fourth-order valence-electron chi connectivity index (χ4n) is 1.52. The van der Waals surface area contributed by atoms with Crippen LogP contribution in [0.15, 0.2) is 36.8 Å². The summed E-state index contributed by atoms with van der Waals surface area (Å²) in [6.45, 7) is 3.19. The van der Waals surface area contributed by atoms with Crippen LogP contribution in [0.2, 0.25) is 0 Å². The van der Waals surface area contributed by atoms with Crippen LogP contribution >= 0.6 is 0 Å². The Morgan fingerprint density at radius 3 is 2.79 bits per heavy atom. The number of carbonyl (C=O) groups is 2. The molecule has 0 spiro atoms. The first-order valence-corrected chi connectivity index (χ1v) is 5.65. The van der Waals surface area contributed by atoms with E-state index in [-0.39, 0.29) is 5.91 Å². The Kier molecular flexibility index (Phi) is 3.61. The molecule has 0 radical (unpaired) electrons. The molecule has 2 aromatic rings. The first-order valence-electron chi connectivity index (χ1n) is 5.65.